The molecule has 0 saturated carbocycles. The van der Waals surface area contributed by atoms with E-state index in [1.807, 2.05) is 4.90 Å². The molecule has 3 rings (SSSR count). The van der Waals surface area contributed by atoms with Gasteiger partial charge >= 0.3 is 0 Å². The molecule has 1 amide bonds. The molecule has 2 aliphatic rings. The molecule has 1 aliphatic heterocycles. The van der Waals surface area contributed by atoms with E-state index in [0.717, 1.165) is 44.3 Å². The fraction of sp³-hybridized carbons (Fsp3) is 0.688. The Balaban J connectivity index is 1.60. The summed E-state index contributed by atoms with van der Waals surface area (Å²) >= 11 is 1.76. The molecule has 1 aromatic rings. The van der Waals surface area contributed by atoms with Crippen molar-refractivity contribution in [2.24, 2.45) is 0 Å². The Hall–Kier alpha value is -0.910. The Morgan fingerprint density at radius 3 is 2.86 bits per heavy atom. The van der Waals surface area contributed by atoms with E-state index in [-0.39, 0.29) is 18.6 Å². The maximum absolute atomic E-state index is 12.7. The summed E-state index contributed by atoms with van der Waals surface area (Å²) in [5.41, 5.74) is 2.26. The van der Waals surface area contributed by atoms with Crippen LogP contribution in [0.15, 0.2) is 5.38 Å². The number of nitrogens with zero attached hydrogens (tertiary/aromatic N) is 1. The first-order valence-corrected chi connectivity index (χ1v) is 8.78. The first-order chi connectivity index (χ1) is 10.3. The number of thiophene rings is 1. The van der Waals surface area contributed by atoms with Crippen molar-refractivity contribution in [3.05, 3.63) is 21.4 Å². The average Bonchev–Trinajstić information content (AvgIpc) is 2.97. The summed E-state index contributed by atoms with van der Waals surface area (Å²) in [7, 11) is 0. The number of aryl methyl sites for hydroxylation is 1. The van der Waals surface area contributed by atoms with E-state index >= 15 is 0 Å². The predicted octanol–water partition coefficient (Wildman–Crippen LogP) is 2.24. The molecule has 1 saturated heterocycles. The second-order valence-corrected chi connectivity index (χ2v) is 6.81. The van der Waals surface area contributed by atoms with E-state index in [9.17, 15) is 4.79 Å². The fourth-order valence-corrected chi connectivity index (χ4v) is 4.41. The van der Waals surface area contributed by atoms with Crippen molar-refractivity contribution >= 4 is 17.2 Å². The second kappa shape index (κ2) is 6.90. The van der Waals surface area contributed by atoms with Crippen LogP contribution in [0, 0.1) is 0 Å². The first-order valence-electron chi connectivity index (χ1n) is 7.90. The lowest BCUT2D eigenvalue weighted by Crippen LogP contribution is -2.41. The highest BCUT2D eigenvalue weighted by Gasteiger charge is 2.27. The van der Waals surface area contributed by atoms with E-state index < -0.39 is 0 Å². The minimum absolute atomic E-state index is 0.0696. The van der Waals surface area contributed by atoms with E-state index in [1.54, 1.807) is 11.3 Å². The van der Waals surface area contributed by atoms with Crippen molar-refractivity contribution < 1.29 is 14.6 Å². The van der Waals surface area contributed by atoms with Gasteiger partial charge in [0.1, 0.15) is 0 Å². The summed E-state index contributed by atoms with van der Waals surface area (Å²) in [4.78, 5) is 16.1. The minimum Gasteiger partial charge on any atom is -0.394 e. The summed E-state index contributed by atoms with van der Waals surface area (Å²) in [5.74, 6) is 0.204. The van der Waals surface area contributed by atoms with Crippen LogP contribution < -0.4 is 0 Å². The normalized spacial score (nSPS) is 19.6. The van der Waals surface area contributed by atoms with Crippen LogP contribution in [0.3, 0.4) is 0 Å². The molecule has 0 radical (unpaired) electrons. The zero-order valence-electron chi connectivity index (χ0n) is 12.3. The number of piperidine rings is 1. The standard InChI is InChI=1S/C16H23NO3S/c18-9-10-20-12-5-7-17(8-6-12)16(19)14-11-21-15-4-2-1-3-13(14)15/h11-12,18H,1-10H2. The van der Waals surface area contributed by atoms with Crippen molar-refractivity contribution in [3.8, 4) is 0 Å². The number of fused-ring (bicyclic) bond motifs is 1. The summed E-state index contributed by atoms with van der Waals surface area (Å²) in [6, 6.07) is 0. The molecule has 0 spiro atoms. The zero-order chi connectivity index (χ0) is 14.7. The van der Waals surface area contributed by atoms with Crippen LogP contribution >= 0.6 is 11.3 Å². The smallest absolute Gasteiger partial charge is 0.254 e. The maximum atomic E-state index is 12.7. The van der Waals surface area contributed by atoms with Crippen LogP contribution in [0.4, 0.5) is 0 Å². The zero-order valence-corrected chi connectivity index (χ0v) is 13.2. The molecule has 0 atom stereocenters. The number of ether oxygens (including phenoxy) is 1. The lowest BCUT2D eigenvalue weighted by Gasteiger charge is -2.32. The predicted molar refractivity (Wildman–Crippen MR) is 82.9 cm³/mol. The van der Waals surface area contributed by atoms with E-state index in [0.29, 0.717) is 6.61 Å². The fourth-order valence-electron chi connectivity index (χ4n) is 3.29. The van der Waals surface area contributed by atoms with Gasteiger partial charge in [0.05, 0.1) is 24.9 Å². The summed E-state index contributed by atoms with van der Waals surface area (Å²) < 4.78 is 5.56. The van der Waals surface area contributed by atoms with E-state index in [4.69, 9.17) is 9.84 Å². The van der Waals surface area contributed by atoms with Crippen molar-refractivity contribution in [2.75, 3.05) is 26.3 Å². The van der Waals surface area contributed by atoms with E-state index in [2.05, 4.69) is 5.38 Å². The number of carbonyl (C=O) groups is 1. The van der Waals surface area contributed by atoms with Gasteiger partial charge in [0.2, 0.25) is 0 Å². The second-order valence-electron chi connectivity index (χ2n) is 5.84. The van der Waals surface area contributed by atoms with Gasteiger partial charge in [0.15, 0.2) is 0 Å². The number of hydrogen-bond acceptors (Lipinski definition) is 4. The van der Waals surface area contributed by atoms with Gasteiger partial charge in [-0.05, 0) is 44.1 Å². The highest BCUT2D eigenvalue weighted by molar-refractivity contribution is 7.10. The lowest BCUT2D eigenvalue weighted by molar-refractivity contribution is -0.00555. The largest absolute Gasteiger partial charge is 0.394 e. The van der Waals surface area contributed by atoms with Gasteiger partial charge in [-0.25, -0.2) is 0 Å². The molecular weight excluding hydrogens is 286 g/mol. The third-order valence-electron chi connectivity index (χ3n) is 4.47. The molecule has 1 N–H and O–H groups in total. The Bertz CT molecular complexity index is 492. The van der Waals surface area contributed by atoms with Gasteiger partial charge in [0.25, 0.3) is 5.91 Å². The van der Waals surface area contributed by atoms with Gasteiger partial charge in [-0.2, -0.15) is 0 Å². The minimum atomic E-state index is 0.0696. The van der Waals surface area contributed by atoms with Gasteiger partial charge in [0, 0.05) is 23.3 Å². The molecule has 5 heteroatoms. The van der Waals surface area contributed by atoms with E-state index in [1.165, 1.54) is 23.3 Å². The van der Waals surface area contributed by atoms with Crippen LogP contribution in [-0.4, -0.2) is 48.3 Å². The number of rotatable bonds is 4. The van der Waals surface area contributed by atoms with Crippen LogP contribution in [-0.2, 0) is 17.6 Å². The van der Waals surface area contributed by atoms with Gasteiger partial charge < -0.3 is 14.7 Å². The number of aliphatic hydroxyl groups excluding tert-OH is 1. The molecular formula is C16H23NO3S. The lowest BCUT2D eigenvalue weighted by atomic mass is 9.95. The third kappa shape index (κ3) is 3.30. The summed E-state index contributed by atoms with van der Waals surface area (Å²) in [5, 5.41) is 10.8. The number of hydrogen-bond donors (Lipinski definition) is 1. The molecule has 21 heavy (non-hydrogen) atoms. The Morgan fingerprint density at radius 2 is 2.10 bits per heavy atom. The Morgan fingerprint density at radius 1 is 1.33 bits per heavy atom. The molecule has 1 aromatic heterocycles. The summed E-state index contributed by atoms with van der Waals surface area (Å²) in [6.45, 7) is 2.00. The number of aliphatic hydroxyl groups is 1. The highest BCUT2D eigenvalue weighted by Crippen LogP contribution is 2.31. The van der Waals surface area contributed by atoms with Crippen molar-refractivity contribution in [1.29, 1.82) is 0 Å². The molecule has 2 heterocycles. The molecule has 1 aliphatic carbocycles. The maximum Gasteiger partial charge on any atom is 0.254 e. The average molecular weight is 309 g/mol. The molecule has 1 fully saturated rings. The first kappa shape index (κ1) is 15.0. The van der Waals surface area contributed by atoms with Gasteiger partial charge in [-0.3, -0.25) is 4.79 Å². The highest BCUT2D eigenvalue weighted by atomic mass is 32.1. The molecule has 0 unspecified atom stereocenters. The molecule has 0 bridgehead atoms. The summed E-state index contributed by atoms with van der Waals surface area (Å²) in [6.07, 6.45) is 6.62. The van der Waals surface area contributed by atoms with Gasteiger partial charge in [-0.15, -0.1) is 11.3 Å². The molecule has 0 aromatic carbocycles. The quantitative estimate of drug-likeness (QED) is 0.928. The number of likely N-dealkylation sites (tertiary alicyclic amines) is 1. The monoisotopic (exact) mass is 309 g/mol. The third-order valence-corrected chi connectivity index (χ3v) is 5.55. The molecule has 4 nitrogen and oxygen atoms in total. The van der Waals surface area contributed by atoms with Crippen LogP contribution in [0.5, 0.6) is 0 Å². The van der Waals surface area contributed by atoms with Crippen molar-refractivity contribution in [3.63, 3.8) is 0 Å². The Labute approximate surface area is 129 Å². The van der Waals surface area contributed by atoms with Crippen molar-refractivity contribution in [1.82, 2.24) is 4.90 Å². The van der Waals surface area contributed by atoms with Crippen LogP contribution in [0.25, 0.3) is 0 Å². The SMILES string of the molecule is O=C(c1csc2c1CCCC2)N1CCC(OCCO)CC1. The van der Waals surface area contributed by atoms with Gasteiger partial charge in [-0.1, -0.05) is 0 Å². The molecule has 116 valence electrons. The van der Waals surface area contributed by atoms with Crippen LogP contribution in [0.1, 0.15) is 46.5 Å². The number of carbonyl (C=O) groups excluding carboxylic acids is 1. The Kier molecular flexibility index (Phi) is 4.93. The van der Waals surface area contributed by atoms with Crippen LogP contribution in [0.2, 0.25) is 0 Å². The van der Waals surface area contributed by atoms with Crippen molar-refractivity contribution in [2.45, 2.75) is 44.6 Å². The number of amides is 1. The topological polar surface area (TPSA) is 49.8 Å².